The van der Waals surface area contributed by atoms with Gasteiger partial charge in [-0.15, -0.1) is 11.3 Å². The first kappa shape index (κ1) is 16.0. The zero-order chi connectivity index (χ0) is 14.4. The van der Waals surface area contributed by atoms with E-state index in [0.29, 0.717) is 0 Å². The van der Waals surface area contributed by atoms with Crippen molar-refractivity contribution in [3.63, 3.8) is 0 Å². The quantitative estimate of drug-likeness (QED) is 0.744. The molecule has 1 N–H and O–H groups in total. The molecule has 20 heavy (non-hydrogen) atoms. The summed E-state index contributed by atoms with van der Waals surface area (Å²) < 4.78 is 0. The van der Waals surface area contributed by atoms with E-state index in [9.17, 15) is 0 Å². The highest BCUT2D eigenvalue weighted by Gasteiger charge is 2.25. The van der Waals surface area contributed by atoms with Crippen molar-refractivity contribution in [2.24, 2.45) is 0 Å². The molecule has 114 valence electrons. The molecule has 1 aromatic heterocycles. The van der Waals surface area contributed by atoms with E-state index in [2.05, 4.69) is 48.3 Å². The predicted molar refractivity (Wildman–Crippen MR) is 88.3 cm³/mol. The lowest BCUT2D eigenvalue weighted by Gasteiger charge is -2.26. The van der Waals surface area contributed by atoms with Crippen LogP contribution in [-0.2, 0) is 13.1 Å². The topological polar surface area (TPSA) is 18.5 Å². The molecule has 1 saturated heterocycles. The van der Waals surface area contributed by atoms with E-state index in [-0.39, 0.29) is 0 Å². The van der Waals surface area contributed by atoms with Crippen molar-refractivity contribution in [2.75, 3.05) is 33.7 Å². The highest BCUT2D eigenvalue weighted by Crippen LogP contribution is 2.24. The van der Waals surface area contributed by atoms with Gasteiger partial charge in [0.25, 0.3) is 0 Å². The minimum Gasteiger partial charge on any atom is -0.312 e. The fourth-order valence-electron chi connectivity index (χ4n) is 2.92. The molecule has 0 amide bonds. The zero-order valence-electron chi connectivity index (χ0n) is 13.2. The molecule has 1 unspecified atom stereocenters. The standard InChI is InChI=1S/C16H29N3S/c1-4-9-17-11-15-7-8-16(20-15)13-19-10-5-6-14(19)12-18(2)3/h7-8,14,17H,4-6,9-13H2,1-3H3. The Morgan fingerprint density at radius 1 is 1.35 bits per heavy atom. The highest BCUT2D eigenvalue weighted by molar-refractivity contribution is 7.11. The van der Waals surface area contributed by atoms with Gasteiger partial charge in [0, 0.05) is 35.4 Å². The Labute approximate surface area is 128 Å². The number of nitrogens with zero attached hydrogens (tertiary/aromatic N) is 2. The number of hydrogen-bond donors (Lipinski definition) is 1. The minimum absolute atomic E-state index is 0.744. The normalized spacial score (nSPS) is 20.1. The van der Waals surface area contributed by atoms with Gasteiger partial charge in [0.2, 0.25) is 0 Å². The lowest BCUT2D eigenvalue weighted by atomic mass is 10.2. The van der Waals surface area contributed by atoms with Gasteiger partial charge in [-0.25, -0.2) is 0 Å². The van der Waals surface area contributed by atoms with E-state index in [1.807, 2.05) is 11.3 Å². The monoisotopic (exact) mass is 295 g/mol. The van der Waals surface area contributed by atoms with E-state index in [0.717, 1.165) is 25.7 Å². The van der Waals surface area contributed by atoms with Crippen LogP contribution in [0.5, 0.6) is 0 Å². The molecule has 4 heteroatoms. The van der Waals surface area contributed by atoms with Gasteiger partial charge in [-0.3, -0.25) is 4.90 Å². The van der Waals surface area contributed by atoms with Crippen LogP contribution in [0.4, 0.5) is 0 Å². The summed E-state index contributed by atoms with van der Waals surface area (Å²) in [5.74, 6) is 0. The summed E-state index contributed by atoms with van der Waals surface area (Å²) in [6, 6.07) is 5.35. The average Bonchev–Trinajstić information content (AvgIpc) is 3.00. The van der Waals surface area contributed by atoms with Gasteiger partial charge in [0.1, 0.15) is 0 Å². The Hall–Kier alpha value is -0.420. The molecule has 0 aromatic carbocycles. The second kappa shape index (κ2) is 8.13. The fraction of sp³-hybridized carbons (Fsp3) is 0.750. The van der Waals surface area contributed by atoms with Gasteiger partial charge >= 0.3 is 0 Å². The molecule has 1 atom stereocenters. The summed E-state index contributed by atoms with van der Waals surface area (Å²) in [5.41, 5.74) is 0. The van der Waals surface area contributed by atoms with Gasteiger partial charge in [0.05, 0.1) is 0 Å². The van der Waals surface area contributed by atoms with Crippen LogP contribution in [0.3, 0.4) is 0 Å². The third kappa shape index (κ3) is 4.85. The zero-order valence-corrected chi connectivity index (χ0v) is 14.0. The molecule has 2 heterocycles. The average molecular weight is 295 g/mol. The van der Waals surface area contributed by atoms with E-state index in [4.69, 9.17) is 0 Å². The van der Waals surface area contributed by atoms with E-state index < -0.39 is 0 Å². The summed E-state index contributed by atoms with van der Waals surface area (Å²) >= 11 is 1.97. The summed E-state index contributed by atoms with van der Waals surface area (Å²) in [5, 5.41) is 3.48. The highest BCUT2D eigenvalue weighted by atomic mass is 32.1. The second-order valence-electron chi connectivity index (χ2n) is 6.07. The van der Waals surface area contributed by atoms with Crippen molar-refractivity contribution in [1.29, 1.82) is 0 Å². The second-order valence-corrected chi connectivity index (χ2v) is 7.33. The first-order chi connectivity index (χ1) is 9.69. The molecular formula is C16H29N3S. The minimum atomic E-state index is 0.744. The maximum Gasteiger partial charge on any atom is 0.0331 e. The van der Waals surface area contributed by atoms with Crippen LogP contribution >= 0.6 is 11.3 Å². The van der Waals surface area contributed by atoms with E-state index >= 15 is 0 Å². The van der Waals surface area contributed by atoms with Gasteiger partial charge in [-0.1, -0.05) is 6.92 Å². The summed E-state index contributed by atoms with van der Waals surface area (Å²) in [7, 11) is 4.36. The number of likely N-dealkylation sites (tertiary alicyclic amines) is 1. The number of nitrogens with one attached hydrogen (secondary N) is 1. The molecule has 0 aliphatic carbocycles. The summed E-state index contributed by atoms with van der Waals surface area (Å²) in [6.07, 6.45) is 3.92. The Morgan fingerprint density at radius 3 is 2.90 bits per heavy atom. The van der Waals surface area contributed by atoms with E-state index in [1.165, 1.54) is 42.1 Å². The Balaban J connectivity index is 1.83. The molecule has 0 bridgehead atoms. The molecular weight excluding hydrogens is 266 g/mol. The lowest BCUT2D eigenvalue weighted by Crippen LogP contribution is -2.36. The maximum atomic E-state index is 3.48. The smallest absolute Gasteiger partial charge is 0.0331 e. The van der Waals surface area contributed by atoms with Gasteiger partial charge in [0.15, 0.2) is 0 Å². The first-order valence-electron chi connectivity index (χ1n) is 7.86. The van der Waals surface area contributed by atoms with Crippen LogP contribution < -0.4 is 5.32 Å². The SMILES string of the molecule is CCCNCc1ccc(CN2CCCC2CN(C)C)s1. The van der Waals surface area contributed by atoms with Crippen LogP contribution in [-0.4, -0.2) is 49.6 Å². The van der Waals surface area contributed by atoms with Crippen molar-refractivity contribution < 1.29 is 0 Å². The molecule has 1 aliphatic rings. The van der Waals surface area contributed by atoms with Crippen molar-refractivity contribution in [1.82, 2.24) is 15.1 Å². The number of rotatable bonds is 8. The third-order valence-electron chi connectivity index (χ3n) is 3.88. The van der Waals surface area contributed by atoms with Crippen LogP contribution in [0.25, 0.3) is 0 Å². The van der Waals surface area contributed by atoms with Gasteiger partial charge < -0.3 is 10.2 Å². The van der Waals surface area contributed by atoms with Crippen molar-refractivity contribution >= 4 is 11.3 Å². The van der Waals surface area contributed by atoms with Gasteiger partial charge in [-0.05, 0) is 58.6 Å². The van der Waals surface area contributed by atoms with Crippen molar-refractivity contribution in [3.8, 4) is 0 Å². The molecule has 0 saturated carbocycles. The maximum absolute atomic E-state index is 3.48. The molecule has 2 rings (SSSR count). The molecule has 1 aliphatic heterocycles. The van der Waals surface area contributed by atoms with Gasteiger partial charge in [-0.2, -0.15) is 0 Å². The molecule has 0 radical (unpaired) electrons. The summed E-state index contributed by atoms with van der Waals surface area (Å²) in [4.78, 5) is 7.97. The number of thiophene rings is 1. The molecule has 3 nitrogen and oxygen atoms in total. The predicted octanol–water partition coefficient (Wildman–Crippen LogP) is 2.77. The molecule has 1 fully saturated rings. The van der Waals surface area contributed by atoms with Crippen LogP contribution in [0.1, 0.15) is 35.9 Å². The third-order valence-corrected chi connectivity index (χ3v) is 4.95. The molecule has 1 aromatic rings. The first-order valence-corrected chi connectivity index (χ1v) is 8.67. The Kier molecular flexibility index (Phi) is 6.49. The number of likely N-dealkylation sites (N-methyl/N-ethyl adjacent to an activating group) is 1. The molecule has 0 spiro atoms. The summed E-state index contributed by atoms with van der Waals surface area (Å²) in [6.45, 7) is 7.95. The van der Waals surface area contributed by atoms with Crippen LogP contribution in [0.2, 0.25) is 0 Å². The number of hydrogen-bond acceptors (Lipinski definition) is 4. The van der Waals surface area contributed by atoms with E-state index in [1.54, 1.807) is 0 Å². The van der Waals surface area contributed by atoms with Crippen LogP contribution in [0.15, 0.2) is 12.1 Å². The largest absolute Gasteiger partial charge is 0.312 e. The van der Waals surface area contributed by atoms with Crippen molar-refractivity contribution in [2.45, 2.75) is 45.3 Å². The fourth-order valence-corrected chi connectivity index (χ4v) is 3.94. The Bertz CT molecular complexity index is 389. The van der Waals surface area contributed by atoms with Crippen molar-refractivity contribution in [3.05, 3.63) is 21.9 Å². The lowest BCUT2D eigenvalue weighted by molar-refractivity contribution is 0.202. The van der Waals surface area contributed by atoms with Crippen LogP contribution in [0, 0.1) is 0 Å². The Morgan fingerprint density at radius 2 is 2.15 bits per heavy atom.